The summed E-state index contributed by atoms with van der Waals surface area (Å²) in [5.41, 5.74) is 1.93. The van der Waals surface area contributed by atoms with Crippen LogP contribution in [0.25, 0.3) is 5.69 Å². The zero-order chi connectivity index (χ0) is 31.1. The van der Waals surface area contributed by atoms with Gasteiger partial charge in [0.1, 0.15) is 22.9 Å². The molecule has 230 valence electrons. The van der Waals surface area contributed by atoms with Crippen LogP contribution >= 0.6 is 0 Å². The van der Waals surface area contributed by atoms with Gasteiger partial charge < -0.3 is 29.3 Å². The Kier molecular flexibility index (Phi) is 10.2. The molecule has 1 saturated heterocycles. The molecule has 0 aliphatic carbocycles. The highest BCUT2D eigenvalue weighted by Gasteiger charge is 2.26. The Morgan fingerprint density at radius 2 is 1.65 bits per heavy atom. The fourth-order valence-electron chi connectivity index (χ4n) is 5.03. The molecule has 2 aromatic carbocycles. The van der Waals surface area contributed by atoms with Crippen LogP contribution in [-0.2, 0) is 4.79 Å². The molecule has 43 heavy (non-hydrogen) atoms. The van der Waals surface area contributed by atoms with Crippen molar-refractivity contribution in [3.05, 3.63) is 53.3 Å². The molecule has 1 fully saturated rings. The molecule has 0 unspecified atom stereocenters. The minimum atomic E-state index is -0.501. The van der Waals surface area contributed by atoms with Crippen molar-refractivity contribution in [2.24, 2.45) is 0 Å². The first kappa shape index (κ1) is 31.3. The largest absolute Gasteiger partial charge is 0.497 e. The van der Waals surface area contributed by atoms with Crippen LogP contribution in [0.4, 0.5) is 5.69 Å². The van der Waals surface area contributed by atoms with E-state index in [0.29, 0.717) is 66.1 Å². The van der Waals surface area contributed by atoms with Crippen LogP contribution in [0.15, 0.2) is 36.4 Å². The monoisotopic (exact) mass is 592 g/mol. The van der Waals surface area contributed by atoms with E-state index in [-0.39, 0.29) is 23.6 Å². The summed E-state index contributed by atoms with van der Waals surface area (Å²) in [6.07, 6.45) is 2.53. The summed E-state index contributed by atoms with van der Waals surface area (Å²) in [7, 11) is 3.11. The van der Waals surface area contributed by atoms with Gasteiger partial charge in [-0.2, -0.15) is 0 Å². The van der Waals surface area contributed by atoms with Crippen LogP contribution in [-0.4, -0.2) is 89.0 Å². The van der Waals surface area contributed by atoms with E-state index in [0.717, 1.165) is 19.3 Å². The van der Waals surface area contributed by atoms with Crippen LogP contribution in [0.3, 0.4) is 0 Å². The number of nitrogens with one attached hydrogen (secondary N) is 1. The molecule has 3 aromatic rings. The molecule has 0 radical (unpaired) electrons. The normalized spacial score (nSPS) is 13.8. The molecule has 3 amide bonds. The summed E-state index contributed by atoms with van der Waals surface area (Å²) >= 11 is 0. The molecule has 1 aliphatic rings. The van der Waals surface area contributed by atoms with Crippen molar-refractivity contribution < 1.29 is 28.6 Å². The van der Waals surface area contributed by atoms with Crippen LogP contribution in [0.1, 0.15) is 66.6 Å². The maximum atomic E-state index is 13.6. The van der Waals surface area contributed by atoms with Gasteiger partial charge in [0.2, 0.25) is 5.91 Å². The van der Waals surface area contributed by atoms with E-state index in [1.807, 2.05) is 6.92 Å². The van der Waals surface area contributed by atoms with Gasteiger partial charge in [0, 0.05) is 44.7 Å². The summed E-state index contributed by atoms with van der Waals surface area (Å²) in [5.74, 6) is 0.907. The number of hydrogen-bond donors (Lipinski definition) is 1. The SMILES string of the molecule is CCC[C@H](CC)Oc1ccc(C(=O)N2CCN(C(C)=O)CC2)cc1NC(=O)c1nnn(-c2cc(OC)ccc2OC)c1C. The average molecular weight is 593 g/mol. The molecule has 2 heterocycles. The highest BCUT2D eigenvalue weighted by Crippen LogP contribution is 2.31. The summed E-state index contributed by atoms with van der Waals surface area (Å²) in [5, 5.41) is 11.3. The topological polar surface area (TPSA) is 128 Å². The Bertz CT molecular complexity index is 1460. The van der Waals surface area contributed by atoms with E-state index in [4.69, 9.17) is 14.2 Å². The van der Waals surface area contributed by atoms with Crippen molar-refractivity contribution in [3.63, 3.8) is 0 Å². The molecular weight excluding hydrogens is 552 g/mol. The van der Waals surface area contributed by atoms with Crippen molar-refractivity contribution in [3.8, 4) is 22.9 Å². The number of aromatic nitrogens is 3. The Balaban J connectivity index is 1.63. The number of nitrogens with zero attached hydrogens (tertiary/aromatic N) is 5. The molecular formula is C31H40N6O6. The third kappa shape index (κ3) is 7.07. The first-order valence-electron chi connectivity index (χ1n) is 14.5. The van der Waals surface area contributed by atoms with E-state index in [1.54, 1.807) is 67.3 Å². The minimum absolute atomic E-state index is 0.00627. The molecule has 1 N–H and O–H groups in total. The van der Waals surface area contributed by atoms with Gasteiger partial charge in [-0.25, -0.2) is 4.68 Å². The van der Waals surface area contributed by atoms with Gasteiger partial charge in [-0.05, 0) is 50.1 Å². The van der Waals surface area contributed by atoms with E-state index in [9.17, 15) is 14.4 Å². The number of carbonyl (C=O) groups excluding carboxylic acids is 3. The number of amides is 3. The molecule has 12 heteroatoms. The second kappa shape index (κ2) is 14.0. The highest BCUT2D eigenvalue weighted by molar-refractivity contribution is 6.05. The predicted molar refractivity (Wildman–Crippen MR) is 161 cm³/mol. The predicted octanol–water partition coefficient (Wildman–Crippen LogP) is 4.11. The van der Waals surface area contributed by atoms with Gasteiger partial charge >= 0.3 is 0 Å². The molecule has 12 nitrogen and oxygen atoms in total. The van der Waals surface area contributed by atoms with Crippen molar-refractivity contribution in [1.29, 1.82) is 0 Å². The fourth-order valence-corrected chi connectivity index (χ4v) is 5.03. The fraction of sp³-hybridized carbons (Fsp3) is 0.452. The Morgan fingerprint density at radius 3 is 2.28 bits per heavy atom. The molecule has 0 spiro atoms. The number of carbonyl (C=O) groups is 3. The quantitative estimate of drug-likeness (QED) is 0.352. The lowest BCUT2D eigenvalue weighted by Gasteiger charge is -2.34. The minimum Gasteiger partial charge on any atom is -0.497 e. The Labute approximate surface area is 251 Å². The Morgan fingerprint density at radius 1 is 0.953 bits per heavy atom. The zero-order valence-electron chi connectivity index (χ0n) is 25.7. The summed E-state index contributed by atoms with van der Waals surface area (Å²) in [4.78, 5) is 42.2. The van der Waals surface area contributed by atoms with Crippen molar-refractivity contribution in [2.45, 2.75) is 53.1 Å². The maximum Gasteiger partial charge on any atom is 0.278 e. The smallest absolute Gasteiger partial charge is 0.278 e. The van der Waals surface area contributed by atoms with E-state index in [2.05, 4.69) is 22.6 Å². The molecule has 1 atom stereocenters. The van der Waals surface area contributed by atoms with Gasteiger partial charge in [0.05, 0.1) is 31.7 Å². The number of rotatable bonds is 11. The summed E-state index contributed by atoms with van der Waals surface area (Å²) in [6.45, 7) is 9.23. The van der Waals surface area contributed by atoms with Crippen LogP contribution in [0.5, 0.6) is 17.2 Å². The second-order valence-electron chi connectivity index (χ2n) is 10.4. The van der Waals surface area contributed by atoms with Crippen molar-refractivity contribution in [2.75, 3.05) is 45.7 Å². The van der Waals surface area contributed by atoms with Crippen molar-refractivity contribution >= 4 is 23.4 Å². The van der Waals surface area contributed by atoms with Gasteiger partial charge in [-0.3, -0.25) is 14.4 Å². The third-order valence-electron chi connectivity index (χ3n) is 7.57. The lowest BCUT2D eigenvalue weighted by atomic mass is 10.1. The first-order valence-corrected chi connectivity index (χ1v) is 14.5. The lowest BCUT2D eigenvalue weighted by Crippen LogP contribution is -2.50. The second-order valence-corrected chi connectivity index (χ2v) is 10.4. The number of benzene rings is 2. The third-order valence-corrected chi connectivity index (χ3v) is 7.57. The lowest BCUT2D eigenvalue weighted by molar-refractivity contribution is -0.130. The number of hydrogen-bond acceptors (Lipinski definition) is 8. The molecule has 0 saturated carbocycles. The maximum absolute atomic E-state index is 13.6. The van der Waals surface area contributed by atoms with Crippen molar-refractivity contribution in [1.82, 2.24) is 24.8 Å². The zero-order valence-corrected chi connectivity index (χ0v) is 25.7. The first-order chi connectivity index (χ1) is 20.7. The van der Waals surface area contributed by atoms with Crippen LogP contribution in [0.2, 0.25) is 0 Å². The van der Waals surface area contributed by atoms with Gasteiger partial charge in [0.15, 0.2) is 5.69 Å². The molecule has 4 rings (SSSR count). The summed E-state index contributed by atoms with van der Waals surface area (Å²) < 4.78 is 18.7. The number of methoxy groups -OCH3 is 2. The van der Waals surface area contributed by atoms with E-state index < -0.39 is 5.91 Å². The van der Waals surface area contributed by atoms with Gasteiger partial charge in [-0.1, -0.05) is 25.5 Å². The van der Waals surface area contributed by atoms with Gasteiger partial charge in [0.25, 0.3) is 11.8 Å². The van der Waals surface area contributed by atoms with Gasteiger partial charge in [-0.15, -0.1) is 5.10 Å². The number of anilines is 1. The number of piperazine rings is 1. The Hall–Kier alpha value is -4.61. The van der Waals surface area contributed by atoms with E-state index in [1.165, 1.54) is 11.6 Å². The molecule has 1 aromatic heterocycles. The number of ether oxygens (including phenoxy) is 3. The van der Waals surface area contributed by atoms with Crippen LogP contribution in [0, 0.1) is 6.92 Å². The summed E-state index contributed by atoms with van der Waals surface area (Å²) in [6, 6.07) is 10.3. The standard InChI is InChI=1S/C31H40N6O6/c1-7-9-23(8-2)43-27-12-10-22(31(40)36-16-14-35(15-17-36)21(4)38)18-25(27)32-30(39)29-20(3)37(34-33-29)26-19-24(41-5)11-13-28(26)42-6/h10-13,18-19,23H,7-9,14-17H2,1-6H3,(H,32,39)/t23-/m0/s1. The average Bonchev–Trinajstić information content (AvgIpc) is 3.41. The molecule has 1 aliphatic heterocycles. The molecule has 0 bridgehead atoms. The van der Waals surface area contributed by atoms with Crippen LogP contribution < -0.4 is 19.5 Å². The highest BCUT2D eigenvalue weighted by atomic mass is 16.5. The van der Waals surface area contributed by atoms with E-state index >= 15 is 0 Å².